The van der Waals surface area contributed by atoms with Crippen molar-refractivity contribution in [1.82, 2.24) is 9.78 Å². The molecule has 0 bridgehead atoms. The number of aryl methyl sites for hydroxylation is 1. The first-order valence-electron chi connectivity index (χ1n) is 5.81. The van der Waals surface area contributed by atoms with Gasteiger partial charge in [0.1, 0.15) is 19.0 Å². The van der Waals surface area contributed by atoms with Crippen LogP contribution in [0, 0.1) is 0 Å². The van der Waals surface area contributed by atoms with Crippen molar-refractivity contribution in [3.05, 3.63) is 41.1 Å². The van der Waals surface area contributed by atoms with Crippen molar-refractivity contribution in [3.8, 4) is 11.5 Å². The molecule has 0 saturated heterocycles. The molecule has 2 aromatic rings. The minimum absolute atomic E-state index is 0.502. The maximum Gasteiger partial charge on any atom is 0.157 e. The van der Waals surface area contributed by atoms with Crippen LogP contribution >= 0.6 is 15.9 Å². The van der Waals surface area contributed by atoms with Crippen LogP contribution in [0.1, 0.15) is 6.92 Å². The number of ether oxygens (including phenoxy) is 2. The predicted octanol–water partition coefficient (Wildman–Crippen LogP) is 3.12. The van der Waals surface area contributed by atoms with E-state index in [1.54, 1.807) is 6.20 Å². The van der Waals surface area contributed by atoms with Gasteiger partial charge in [-0.25, -0.2) is 0 Å². The zero-order chi connectivity index (χ0) is 12.8. The van der Waals surface area contributed by atoms with Crippen molar-refractivity contribution in [1.29, 1.82) is 0 Å². The fourth-order valence-corrected chi connectivity index (χ4v) is 1.85. The van der Waals surface area contributed by atoms with E-state index >= 15 is 0 Å². The Morgan fingerprint density at radius 3 is 2.67 bits per heavy atom. The first-order chi connectivity index (χ1) is 8.78. The van der Waals surface area contributed by atoms with Gasteiger partial charge < -0.3 is 9.47 Å². The van der Waals surface area contributed by atoms with E-state index in [0.717, 1.165) is 22.5 Å². The third kappa shape index (κ3) is 3.77. The molecule has 0 N–H and O–H groups in total. The summed E-state index contributed by atoms with van der Waals surface area (Å²) in [5.41, 5.74) is 0. The number of nitrogens with zero attached hydrogens (tertiary/aromatic N) is 2. The van der Waals surface area contributed by atoms with E-state index < -0.39 is 0 Å². The Bertz CT molecular complexity index is 499. The van der Waals surface area contributed by atoms with Gasteiger partial charge in [-0.05, 0) is 25.1 Å². The van der Waals surface area contributed by atoms with Crippen LogP contribution in [-0.2, 0) is 6.54 Å². The smallest absolute Gasteiger partial charge is 0.157 e. The lowest BCUT2D eigenvalue weighted by atomic mass is 10.3. The zero-order valence-electron chi connectivity index (χ0n) is 10.2. The number of aromatic nitrogens is 2. The van der Waals surface area contributed by atoms with Crippen molar-refractivity contribution < 1.29 is 9.47 Å². The molecule has 2 rings (SSSR count). The molecule has 0 aliphatic heterocycles. The molecule has 0 saturated carbocycles. The van der Waals surface area contributed by atoms with Gasteiger partial charge in [0.15, 0.2) is 5.75 Å². The SMILES string of the molecule is CCn1cc(OCCOc2cccc(Br)c2)cn1. The molecule has 1 aromatic carbocycles. The molecule has 5 heteroatoms. The normalized spacial score (nSPS) is 10.3. The molecule has 0 fully saturated rings. The van der Waals surface area contributed by atoms with Crippen LogP contribution in [0.4, 0.5) is 0 Å². The van der Waals surface area contributed by atoms with Crippen LogP contribution in [-0.4, -0.2) is 23.0 Å². The van der Waals surface area contributed by atoms with Crippen LogP contribution < -0.4 is 9.47 Å². The minimum Gasteiger partial charge on any atom is -0.490 e. The molecule has 1 aromatic heterocycles. The van der Waals surface area contributed by atoms with Gasteiger partial charge in [-0.3, -0.25) is 4.68 Å². The lowest BCUT2D eigenvalue weighted by Gasteiger charge is -2.07. The molecule has 0 radical (unpaired) electrons. The summed E-state index contributed by atoms with van der Waals surface area (Å²) in [6.07, 6.45) is 3.59. The standard InChI is InChI=1S/C13H15BrN2O2/c1-2-16-10-13(9-15-16)18-7-6-17-12-5-3-4-11(14)8-12/h3-5,8-10H,2,6-7H2,1H3. The second-order valence-corrected chi connectivity index (χ2v) is 4.60. The van der Waals surface area contributed by atoms with E-state index in [9.17, 15) is 0 Å². The van der Waals surface area contributed by atoms with E-state index in [1.807, 2.05) is 42.1 Å². The Morgan fingerprint density at radius 1 is 1.22 bits per heavy atom. The zero-order valence-corrected chi connectivity index (χ0v) is 11.8. The summed E-state index contributed by atoms with van der Waals surface area (Å²) in [5.74, 6) is 1.60. The quantitative estimate of drug-likeness (QED) is 0.769. The van der Waals surface area contributed by atoms with Gasteiger partial charge in [0.2, 0.25) is 0 Å². The fraction of sp³-hybridized carbons (Fsp3) is 0.308. The van der Waals surface area contributed by atoms with E-state index in [4.69, 9.17) is 9.47 Å². The summed E-state index contributed by atoms with van der Waals surface area (Å²) in [7, 11) is 0. The van der Waals surface area contributed by atoms with Crippen molar-refractivity contribution in [2.45, 2.75) is 13.5 Å². The van der Waals surface area contributed by atoms with Crippen molar-refractivity contribution >= 4 is 15.9 Å². The number of hydrogen-bond donors (Lipinski definition) is 0. The van der Waals surface area contributed by atoms with Gasteiger partial charge >= 0.3 is 0 Å². The van der Waals surface area contributed by atoms with Crippen molar-refractivity contribution in [2.75, 3.05) is 13.2 Å². The van der Waals surface area contributed by atoms with Crippen LogP contribution in [0.25, 0.3) is 0 Å². The Kier molecular flexibility index (Phi) is 4.64. The topological polar surface area (TPSA) is 36.3 Å². The highest BCUT2D eigenvalue weighted by molar-refractivity contribution is 9.10. The molecule has 0 amide bonds. The molecule has 0 aliphatic carbocycles. The minimum atomic E-state index is 0.502. The lowest BCUT2D eigenvalue weighted by Crippen LogP contribution is -2.08. The first-order valence-corrected chi connectivity index (χ1v) is 6.61. The summed E-state index contributed by atoms with van der Waals surface area (Å²) in [6.45, 7) is 3.89. The van der Waals surface area contributed by atoms with Crippen LogP contribution in [0.3, 0.4) is 0 Å². The highest BCUT2D eigenvalue weighted by Crippen LogP contribution is 2.17. The summed E-state index contributed by atoms with van der Waals surface area (Å²) >= 11 is 3.40. The molecule has 96 valence electrons. The molecule has 0 unspecified atom stereocenters. The van der Waals surface area contributed by atoms with Gasteiger partial charge in [-0.1, -0.05) is 22.0 Å². The van der Waals surface area contributed by atoms with E-state index in [2.05, 4.69) is 21.0 Å². The summed E-state index contributed by atoms with van der Waals surface area (Å²) in [4.78, 5) is 0. The largest absolute Gasteiger partial charge is 0.490 e. The van der Waals surface area contributed by atoms with Crippen LogP contribution in [0.2, 0.25) is 0 Å². The fourth-order valence-electron chi connectivity index (χ4n) is 1.47. The number of rotatable bonds is 6. The van der Waals surface area contributed by atoms with Gasteiger partial charge in [-0.15, -0.1) is 0 Å². The highest BCUT2D eigenvalue weighted by Gasteiger charge is 1.99. The van der Waals surface area contributed by atoms with E-state index in [-0.39, 0.29) is 0 Å². The maximum atomic E-state index is 5.56. The molecule has 0 atom stereocenters. The number of halogens is 1. The Hall–Kier alpha value is -1.49. The number of hydrogen-bond acceptors (Lipinski definition) is 3. The molecule has 0 spiro atoms. The average molecular weight is 311 g/mol. The van der Waals surface area contributed by atoms with Crippen LogP contribution in [0.5, 0.6) is 11.5 Å². The average Bonchev–Trinajstić information content (AvgIpc) is 2.83. The van der Waals surface area contributed by atoms with E-state index in [0.29, 0.717) is 13.2 Å². The highest BCUT2D eigenvalue weighted by atomic mass is 79.9. The Labute approximate surface area is 115 Å². The number of benzene rings is 1. The predicted molar refractivity (Wildman–Crippen MR) is 73.0 cm³/mol. The van der Waals surface area contributed by atoms with Crippen LogP contribution in [0.15, 0.2) is 41.1 Å². The molecule has 1 heterocycles. The van der Waals surface area contributed by atoms with Gasteiger partial charge in [0.05, 0.1) is 12.4 Å². The van der Waals surface area contributed by atoms with Crippen molar-refractivity contribution in [3.63, 3.8) is 0 Å². The third-order valence-electron chi connectivity index (χ3n) is 2.35. The summed E-state index contributed by atoms with van der Waals surface area (Å²) in [5, 5.41) is 4.13. The molecular weight excluding hydrogens is 296 g/mol. The molecule has 18 heavy (non-hydrogen) atoms. The molecule has 0 aliphatic rings. The second kappa shape index (κ2) is 6.44. The van der Waals surface area contributed by atoms with E-state index in [1.165, 1.54) is 0 Å². The molecule has 4 nitrogen and oxygen atoms in total. The van der Waals surface area contributed by atoms with Gasteiger partial charge in [-0.2, -0.15) is 5.10 Å². The Morgan fingerprint density at radius 2 is 2.00 bits per heavy atom. The monoisotopic (exact) mass is 310 g/mol. The molecular formula is C13H15BrN2O2. The van der Waals surface area contributed by atoms with Gasteiger partial charge in [0.25, 0.3) is 0 Å². The first kappa shape index (κ1) is 13.0. The second-order valence-electron chi connectivity index (χ2n) is 3.69. The van der Waals surface area contributed by atoms with Gasteiger partial charge in [0, 0.05) is 11.0 Å². The summed E-state index contributed by atoms with van der Waals surface area (Å²) < 4.78 is 13.9. The Balaban J connectivity index is 1.72. The summed E-state index contributed by atoms with van der Waals surface area (Å²) in [6, 6.07) is 7.74. The van der Waals surface area contributed by atoms with Crippen molar-refractivity contribution in [2.24, 2.45) is 0 Å². The lowest BCUT2D eigenvalue weighted by molar-refractivity contribution is 0.217. The third-order valence-corrected chi connectivity index (χ3v) is 2.84. The maximum absolute atomic E-state index is 5.56.